The SMILES string of the molecule is CCC(CC)C(=O)/C=C(\O)C(CC)CC.Cc1[c-]c(-c2nccc3cc(C4CCC(C)(C)CC4)ccc23)cc(C)c1.[2H]c1cc2cc(C3CCCC3)ccc2c(-c2[c-]c(C)cc(C)c2)n1.[Ir]. The van der Waals surface area contributed by atoms with E-state index < -0.39 is 0 Å². The molecule has 2 saturated carbocycles. The molecule has 0 aliphatic heterocycles. The van der Waals surface area contributed by atoms with Gasteiger partial charge < -0.3 is 15.1 Å². The second-order valence-electron chi connectivity index (χ2n) is 19.6. The minimum atomic E-state index is 0. The average Bonchev–Trinajstić information content (AvgIpc) is 3.82. The number of hydrogen-bond acceptors (Lipinski definition) is 4. The summed E-state index contributed by atoms with van der Waals surface area (Å²) in [7, 11) is 0. The molecule has 0 spiro atoms. The Labute approximate surface area is 407 Å². The Kier molecular flexibility index (Phi) is 18.3. The van der Waals surface area contributed by atoms with Crippen molar-refractivity contribution in [3.8, 4) is 22.5 Å². The minimum Gasteiger partial charge on any atom is -0.512 e. The van der Waals surface area contributed by atoms with Crippen LogP contribution in [0.15, 0.2) is 97.0 Å². The number of rotatable bonds is 11. The molecule has 2 aliphatic carbocycles. The number of aromatic nitrogens is 2. The number of hydrogen-bond donors (Lipinski definition) is 1. The largest absolute Gasteiger partial charge is 0.512 e. The molecule has 1 radical (unpaired) electrons. The van der Waals surface area contributed by atoms with Crippen molar-refractivity contribution in [2.75, 3.05) is 0 Å². The second kappa shape index (κ2) is 23.8. The molecular formula is C60H74IrN2O2-2. The molecule has 4 aromatic carbocycles. The van der Waals surface area contributed by atoms with Crippen molar-refractivity contribution in [2.45, 2.75) is 158 Å². The fraction of sp³-hybridized carbons (Fsp3) is 0.450. The van der Waals surface area contributed by atoms with Crippen molar-refractivity contribution in [2.24, 2.45) is 17.3 Å². The number of nitrogens with zero attached hydrogens (tertiary/aromatic N) is 2. The smallest absolute Gasteiger partial charge is 0.162 e. The van der Waals surface area contributed by atoms with Crippen LogP contribution in [0.2, 0.25) is 0 Å². The summed E-state index contributed by atoms with van der Waals surface area (Å²) in [5, 5.41) is 14.5. The number of allylic oxidation sites excluding steroid dienone is 2. The van der Waals surface area contributed by atoms with Crippen LogP contribution in [0.25, 0.3) is 44.1 Å². The van der Waals surface area contributed by atoms with Gasteiger partial charge in [-0.3, -0.25) is 4.79 Å². The summed E-state index contributed by atoms with van der Waals surface area (Å²) in [6, 6.07) is 33.2. The van der Waals surface area contributed by atoms with E-state index in [-0.39, 0.29) is 43.5 Å². The first kappa shape index (κ1) is 50.0. The molecule has 0 atom stereocenters. The molecule has 8 rings (SSSR count). The number of aliphatic hydroxyl groups excluding tert-OH is 1. The van der Waals surface area contributed by atoms with Crippen molar-refractivity contribution in [3.63, 3.8) is 0 Å². The van der Waals surface area contributed by atoms with Gasteiger partial charge in [0, 0.05) is 50.4 Å². The van der Waals surface area contributed by atoms with Crippen LogP contribution in [-0.2, 0) is 24.9 Å². The van der Waals surface area contributed by atoms with E-state index in [2.05, 4.69) is 130 Å². The Morgan fingerprint density at radius 1 is 0.692 bits per heavy atom. The fourth-order valence-electron chi connectivity index (χ4n) is 10.1. The molecule has 0 bridgehead atoms. The fourth-order valence-corrected chi connectivity index (χ4v) is 10.1. The molecule has 347 valence electrons. The molecule has 0 saturated heterocycles. The van der Waals surface area contributed by atoms with E-state index in [1.807, 2.05) is 40.0 Å². The molecular weight excluding hydrogens is 973 g/mol. The summed E-state index contributed by atoms with van der Waals surface area (Å²) in [4.78, 5) is 20.9. The summed E-state index contributed by atoms with van der Waals surface area (Å²) in [6.07, 6.45) is 17.7. The summed E-state index contributed by atoms with van der Waals surface area (Å²) in [6.45, 7) is 21.3. The molecule has 0 unspecified atom stereocenters. The Hall–Kier alpha value is -4.44. The van der Waals surface area contributed by atoms with Gasteiger partial charge in [0.2, 0.25) is 0 Å². The van der Waals surface area contributed by atoms with Gasteiger partial charge in [-0.05, 0) is 138 Å². The molecule has 6 aromatic rings. The normalized spacial score (nSPS) is 15.6. The molecule has 65 heavy (non-hydrogen) atoms. The van der Waals surface area contributed by atoms with Crippen LogP contribution in [-0.4, -0.2) is 20.9 Å². The summed E-state index contributed by atoms with van der Waals surface area (Å²) < 4.78 is 8.13. The maximum Gasteiger partial charge on any atom is 0.162 e. The van der Waals surface area contributed by atoms with Crippen LogP contribution in [0.4, 0.5) is 0 Å². The number of aliphatic hydroxyl groups is 1. The summed E-state index contributed by atoms with van der Waals surface area (Å²) in [5.74, 6) is 1.94. The van der Waals surface area contributed by atoms with Gasteiger partial charge in [0.1, 0.15) is 0 Å². The third kappa shape index (κ3) is 13.6. The van der Waals surface area contributed by atoms with Gasteiger partial charge in [-0.15, -0.1) is 69.8 Å². The second-order valence-corrected chi connectivity index (χ2v) is 19.6. The number of carbonyl (C=O) groups excluding carboxylic acids is 1. The van der Waals surface area contributed by atoms with Crippen LogP contribution in [0.3, 0.4) is 0 Å². The van der Waals surface area contributed by atoms with Crippen molar-refractivity contribution in [1.82, 2.24) is 9.97 Å². The number of pyridine rings is 2. The quantitative estimate of drug-likeness (QED) is 0.0798. The maximum absolute atomic E-state index is 11.7. The number of benzene rings is 4. The van der Waals surface area contributed by atoms with Gasteiger partial charge in [0.25, 0.3) is 0 Å². The van der Waals surface area contributed by atoms with Crippen molar-refractivity contribution < 1.29 is 31.4 Å². The number of carbonyl (C=O) groups is 1. The van der Waals surface area contributed by atoms with Crippen LogP contribution < -0.4 is 0 Å². The Morgan fingerprint density at radius 2 is 1.17 bits per heavy atom. The van der Waals surface area contributed by atoms with E-state index in [4.69, 9.17) is 1.37 Å². The number of aryl methyl sites for hydroxylation is 4. The Morgan fingerprint density at radius 3 is 1.66 bits per heavy atom. The Bertz CT molecular complexity index is 2550. The van der Waals surface area contributed by atoms with Gasteiger partial charge in [-0.1, -0.05) is 118 Å². The molecule has 4 nitrogen and oxygen atoms in total. The van der Waals surface area contributed by atoms with Gasteiger partial charge in [-0.25, -0.2) is 0 Å². The first-order valence-electron chi connectivity index (χ1n) is 24.9. The Balaban J connectivity index is 0.000000192. The molecule has 0 amide bonds. The maximum atomic E-state index is 11.7. The third-order valence-corrected chi connectivity index (χ3v) is 14.0. The predicted octanol–water partition coefficient (Wildman–Crippen LogP) is 16.8. The van der Waals surface area contributed by atoms with Gasteiger partial charge in [0.15, 0.2) is 5.78 Å². The molecule has 2 fully saturated rings. The first-order chi connectivity index (χ1) is 31.1. The van der Waals surface area contributed by atoms with Crippen LogP contribution >= 0.6 is 0 Å². The van der Waals surface area contributed by atoms with Crippen molar-refractivity contribution >= 4 is 27.3 Å². The topological polar surface area (TPSA) is 63.1 Å². The number of ketones is 1. The molecule has 2 aromatic heterocycles. The zero-order chi connectivity index (χ0) is 46.8. The molecule has 2 aliphatic rings. The average molecular weight is 1050 g/mol. The van der Waals surface area contributed by atoms with Crippen LogP contribution in [0.1, 0.15) is 165 Å². The van der Waals surface area contributed by atoms with E-state index in [0.29, 0.717) is 23.4 Å². The van der Waals surface area contributed by atoms with Gasteiger partial charge >= 0.3 is 0 Å². The molecule has 5 heteroatoms. The van der Waals surface area contributed by atoms with Gasteiger partial charge in [0.05, 0.1) is 7.13 Å². The van der Waals surface area contributed by atoms with E-state index in [0.717, 1.165) is 64.5 Å². The van der Waals surface area contributed by atoms with Gasteiger partial charge in [-0.2, -0.15) is 0 Å². The predicted molar refractivity (Wildman–Crippen MR) is 271 cm³/mol. The molecule has 1 N–H and O–H groups in total. The van der Waals surface area contributed by atoms with E-state index in [1.165, 1.54) is 96.0 Å². The summed E-state index contributed by atoms with van der Waals surface area (Å²) in [5.41, 5.74) is 12.2. The third-order valence-electron chi connectivity index (χ3n) is 14.0. The number of fused-ring (bicyclic) bond motifs is 2. The monoisotopic (exact) mass is 1050 g/mol. The van der Waals surface area contributed by atoms with Crippen molar-refractivity contribution in [1.29, 1.82) is 0 Å². The van der Waals surface area contributed by atoms with Crippen LogP contribution in [0, 0.1) is 57.1 Å². The van der Waals surface area contributed by atoms with E-state index >= 15 is 0 Å². The zero-order valence-corrected chi connectivity index (χ0v) is 43.4. The van der Waals surface area contributed by atoms with Crippen molar-refractivity contribution in [3.05, 3.63) is 143 Å². The zero-order valence-electron chi connectivity index (χ0n) is 42.0. The van der Waals surface area contributed by atoms with E-state index in [1.54, 1.807) is 0 Å². The first-order valence-corrected chi connectivity index (χ1v) is 24.4. The minimum absolute atomic E-state index is 0. The van der Waals surface area contributed by atoms with E-state index in [9.17, 15) is 9.90 Å². The summed E-state index contributed by atoms with van der Waals surface area (Å²) >= 11 is 0. The molecule has 2 heterocycles. The standard InChI is InChI=1S/C25H28N.C22H22N.C13H24O2.Ir/c1-17-13-18(2)15-22(14-17)24-23-6-5-20(16-21(23)9-12-26-24)19-7-10-25(3,4)11-8-19;1-15-11-16(2)13-20(12-15)22-21-8-7-18(17-5-3-4-6-17)14-19(21)9-10-23-22;1-5-10(6-2)12(14)9-13(15)11(7-3)8-4;/h5-6,9,12-14,16,19H,7-8,10-11H2,1-4H3;7-12,14,17H,3-6H2,1-2H3;9-11,14H,5-8H2,1-4H3;/q2*-1;;/b;;12-9-;/i;10D;;. The van der Waals surface area contributed by atoms with Crippen LogP contribution in [0.5, 0.6) is 0 Å².